The van der Waals surface area contributed by atoms with E-state index in [-0.39, 0.29) is 11.4 Å². The Hall–Kier alpha value is -6.71. The first-order valence-corrected chi connectivity index (χ1v) is 15.6. The summed E-state index contributed by atoms with van der Waals surface area (Å²) in [4.78, 5) is 0. The van der Waals surface area contributed by atoms with Gasteiger partial charge in [0.15, 0.2) is 12.3 Å². The molecule has 3 nitrogen and oxygen atoms in total. The highest BCUT2D eigenvalue weighted by Gasteiger charge is 2.17. The van der Waals surface area contributed by atoms with Crippen LogP contribution in [0.2, 0.25) is 0 Å². The Balaban J connectivity index is 1.15. The minimum atomic E-state index is -0.685. The van der Waals surface area contributed by atoms with Crippen molar-refractivity contribution in [2.45, 2.75) is 0 Å². The van der Waals surface area contributed by atoms with Crippen LogP contribution in [0.25, 0.3) is 82.9 Å². The van der Waals surface area contributed by atoms with E-state index in [1.165, 1.54) is 0 Å². The molecular weight excluding hydrogens is 607 g/mol. The van der Waals surface area contributed by atoms with Crippen molar-refractivity contribution >= 4 is 43.6 Å². The molecule has 0 aliphatic heterocycles. The van der Waals surface area contributed by atoms with Gasteiger partial charge in [0.2, 0.25) is 5.69 Å². The minimum Gasteiger partial charge on any atom is -0.309 e. The zero-order valence-electron chi connectivity index (χ0n) is 43.9. The third kappa shape index (κ3) is 4.56. The number of rotatable bonds is 5. The molecule has 0 radical (unpaired) electrons. The molecule has 0 atom stereocenters. The van der Waals surface area contributed by atoms with Gasteiger partial charge >= 0.3 is 0 Å². The van der Waals surface area contributed by atoms with Crippen molar-refractivity contribution in [3.8, 4) is 39.3 Å². The van der Waals surface area contributed by atoms with Gasteiger partial charge in [0.1, 0.15) is 2.74 Å². The maximum atomic E-state index is 9.22. The van der Waals surface area contributed by atoms with Crippen molar-refractivity contribution < 1.29 is 29.2 Å². The summed E-state index contributed by atoms with van der Waals surface area (Å²) >= 11 is 0. The van der Waals surface area contributed by atoms with E-state index >= 15 is 0 Å². The summed E-state index contributed by atoms with van der Waals surface area (Å²) in [5, 5.41) is 2.84. The number of pyridine rings is 1. The monoisotopic (exact) mass is 656 g/mol. The summed E-state index contributed by atoms with van der Waals surface area (Å²) in [5.74, 6) is 0. The van der Waals surface area contributed by atoms with Crippen LogP contribution in [-0.4, -0.2) is 9.13 Å². The van der Waals surface area contributed by atoms with Crippen molar-refractivity contribution in [3.63, 3.8) is 0 Å². The molecule has 3 heterocycles. The van der Waals surface area contributed by atoms with Crippen LogP contribution in [0.5, 0.6) is 0 Å². The first-order valence-electron chi connectivity index (χ1n) is 24.6. The molecule has 10 rings (SSSR count). The van der Waals surface area contributed by atoms with E-state index in [1.54, 1.807) is 45.5 Å². The van der Waals surface area contributed by atoms with Crippen LogP contribution < -0.4 is 4.57 Å². The first-order chi connectivity index (χ1) is 32.3. The lowest BCUT2D eigenvalue weighted by molar-refractivity contribution is -0.595. The number of benzene rings is 7. The largest absolute Gasteiger partial charge is 0.309 e. The van der Waals surface area contributed by atoms with Crippen molar-refractivity contribution in [2.75, 3.05) is 0 Å². The molecule has 0 spiro atoms. The second kappa shape index (κ2) is 11.5. The molecule has 7 aromatic carbocycles. The van der Waals surface area contributed by atoms with Crippen molar-refractivity contribution in [1.82, 2.24) is 9.13 Å². The molecular formula is C47H32N3+. The minimum absolute atomic E-state index is 0.0989. The predicted molar refractivity (Wildman–Crippen MR) is 208 cm³/mol. The maximum Gasteiger partial charge on any atom is 0.210 e. The van der Waals surface area contributed by atoms with Gasteiger partial charge in [-0.15, -0.1) is 0 Å². The van der Waals surface area contributed by atoms with Crippen LogP contribution >= 0.6 is 0 Å². The molecule has 3 heteroatoms. The summed E-state index contributed by atoms with van der Waals surface area (Å²) in [6, 6.07) is 15.8. The fourth-order valence-corrected chi connectivity index (χ4v) is 6.56. The van der Waals surface area contributed by atoms with E-state index in [1.807, 2.05) is 48.5 Å². The summed E-state index contributed by atoms with van der Waals surface area (Å²) in [5.41, 5.74) is 2.10. The van der Waals surface area contributed by atoms with Crippen LogP contribution in [0.1, 0.15) is 24.7 Å². The highest BCUT2D eigenvalue weighted by atomic mass is 15.0. The number of fused-ring (bicyclic) bond motifs is 6. The van der Waals surface area contributed by atoms with E-state index in [0.29, 0.717) is 32.8 Å². The number of aromatic nitrogens is 3. The molecule has 0 saturated carbocycles. The standard InChI is InChI=1S/C47H32N3/c1-3-11-33(12-4-1)34-19-23-38(24-20-34)49-44-17-9-7-15-40(44)42-31-35(21-25-46(42)49)36-22-26-47-43(32-36)41-16-8-10-18-45(41)50(47)39-27-29-48(30-28-39)37-13-5-2-6-14-37/h1-32H/q+1/i1D,2D,3D,4D,5D,6D,11D,12D,13D,14D,19D,20D,23D,24D,27D,28D,29D,30D. The second-order valence-corrected chi connectivity index (χ2v) is 11.5. The second-order valence-electron chi connectivity index (χ2n) is 11.5. The van der Waals surface area contributed by atoms with Crippen molar-refractivity contribution in [3.05, 3.63) is 194 Å². The van der Waals surface area contributed by atoms with Gasteiger partial charge in [-0.05, 0) is 70.7 Å². The van der Waals surface area contributed by atoms with Gasteiger partial charge in [-0.3, -0.25) is 0 Å². The van der Waals surface area contributed by atoms with Gasteiger partial charge in [-0.2, -0.15) is 4.57 Å². The Morgan fingerprint density at radius 2 is 0.840 bits per heavy atom. The van der Waals surface area contributed by atoms with Crippen LogP contribution in [0.3, 0.4) is 0 Å². The molecule has 0 aliphatic carbocycles. The van der Waals surface area contributed by atoms with Gasteiger partial charge in [-0.25, -0.2) is 0 Å². The topological polar surface area (TPSA) is 13.7 Å². The SMILES string of the molecule is [2H]c1c([2H])c([2H])c(-c2c([2H])c([2H])c(-n3c4ccccc4c4cc(-c5ccc6c(c5)c5ccccc5n6-c5c([2H])c([2H])[n+](-c6c([2H])c([2H])c([2H])c([2H])c6[2H])c([2H])c5[2H])ccc43)c([2H])c2[2H])c([2H])c1[2H]. The summed E-state index contributed by atoms with van der Waals surface area (Å²) in [6.07, 6.45) is -1.32. The van der Waals surface area contributed by atoms with Gasteiger partial charge in [-0.1, -0.05) is 109 Å². The number of hydrogen-bond donors (Lipinski definition) is 0. The molecule has 0 aliphatic rings. The molecule has 10 aromatic rings. The zero-order valence-corrected chi connectivity index (χ0v) is 25.9. The van der Waals surface area contributed by atoms with Crippen LogP contribution in [0.4, 0.5) is 0 Å². The Labute approximate surface area is 315 Å². The Morgan fingerprint density at radius 1 is 0.380 bits per heavy atom. The first kappa shape index (κ1) is 15.7. The lowest BCUT2D eigenvalue weighted by Crippen LogP contribution is -2.29. The summed E-state index contributed by atoms with van der Waals surface area (Å²) in [6.45, 7) is 0. The van der Waals surface area contributed by atoms with E-state index in [9.17, 15) is 5.48 Å². The quantitative estimate of drug-likeness (QED) is 0.164. The van der Waals surface area contributed by atoms with Gasteiger partial charge in [0, 0.05) is 51.4 Å². The average Bonchev–Trinajstić information content (AvgIpc) is 3.84. The number of hydrogen-bond acceptors (Lipinski definition) is 0. The van der Waals surface area contributed by atoms with Gasteiger partial charge < -0.3 is 9.13 Å². The fourth-order valence-electron chi connectivity index (χ4n) is 6.56. The van der Waals surface area contributed by atoms with E-state index in [2.05, 4.69) is 0 Å². The predicted octanol–water partition coefficient (Wildman–Crippen LogP) is 11.5. The Bertz CT molecular complexity index is 3540. The smallest absolute Gasteiger partial charge is 0.210 e. The highest BCUT2D eigenvalue weighted by molar-refractivity contribution is 6.12. The van der Waals surface area contributed by atoms with Crippen LogP contribution in [0.15, 0.2) is 194 Å². The lowest BCUT2D eigenvalue weighted by Gasteiger charge is -2.10. The van der Waals surface area contributed by atoms with Crippen molar-refractivity contribution in [1.29, 1.82) is 0 Å². The number of nitrogens with zero attached hydrogens (tertiary/aromatic N) is 3. The number of para-hydroxylation sites is 3. The molecule has 3 aromatic heterocycles. The Morgan fingerprint density at radius 3 is 1.40 bits per heavy atom. The third-order valence-corrected chi connectivity index (χ3v) is 8.77. The molecule has 0 unspecified atom stereocenters. The van der Waals surface area contributed by atoms with Crippen LogP contribution in [-0.2, 0) is 0 Å². The molecule has 0 saturated heterocycles. The van der Waals surface area contributed by atoms with E-state index in [0.717, 1.165) is 26.5 Å². The molecule has 0 fully saturated rings. The van der Waals surface area contributed by atoms with Crippen LogP contribution in [0, 0.1) is 0 Å². The average molecular weight is 657 g/mol. The van der Waals surface area contributed by atoms with Gasteiger partial charge in [0.25, 0.3) is 0 Å². The summed E-state index contributed by atoms with van der Waals surface area (Å²) < 4.78 is 160. The normalized spacial score (nSPS) is 16.6. The summed E-state index contributed by atoms with van der Waals surface area (Å²) in [7, 11) is 0. The highest BCUT2D eigenvalue weighted by Crippen LogP contribution is 2.38. The van der Waals surface area contributed by atoms with Crippen molar-refractivity contribution in [2.24, 2.45) is 0 Å². The van der Waals surface area contributed by atoms with E-state index < -0.39 is 126 Å². The molecule has 234 valence electrons. The lowest BCUT2D eigenvalue weighted by atomic mass is 10.0. The Kier molecular flexibility index (Phi) is 3.59. The fraction of sp³-hybridized carbons (Fsp3) is 0. The van der Waals surface area contributed by atoms with E-state index in [4.69, 9.17) is 19.2 Å². The maximum absolute atomic E-state index is 9.22. The molecule has 0 bridgehead atoms. The molecule has 50 heavy (non-hydrogen) atoms. The molecule has 0 amide bonds. The zero-order chi connectivity index (χ0) is 48.7. The van der Waals surface area contributed by atoms with Gasteiger partial charge in [0.05, 0.1) is 49.7 Å². The molecule has 0 N–H and O–H groups in total. The third-order valence-electron chi connectivity index (χ3n) is 8.77.